The van der Waals surface area contributed by atoms with Crippen LogP contribution >= 0.6 is 59.8 Å². The summed E-state index contributed by atoms with van der Waals surface area (Å²) in [6, 6.07) is 57.7. The van der Waals surface area contributed by atoms with Crippen molar-refractivity contribution in [3.8, 4) is 56.3 Å². The van der Waals surface area contributed by atoms with Crippen LogP contribution in [0.4, 0.5) is 9.59 Å². The van der Waals surface area contributed by atoms with Crippen molar-refractivity contribution in [2.45, 2.75) is 198 Å². The second-order valence-electron chi connectivity index (χ2n) is 32.5. The molecule has 0 aliphatic heterocycles. The molecule has 10 aromatic heterocycles. The molecular formula is C99H120BrCl2IN16O7Sn2. The summed E-state index contributed by atoms with van der Waals surface area (Å²) in [6.07, 6.45) is 31.8. The molecule has 0 saturated heterocycles. The SMILES string of the molecule is Brc1ccccn1.CC(C)(C)OC(=O)NNC(=O)c1cc(-c2ccc(-c3ccccn3)cc2)nc2ccncc12.CC(C)(C)OC(=O)NNC(=O)c1cc(-c2ccc(I)cc2)nc2ccncc12.CCC[CH2][Sn]([CH2]CCC)([CH2]CCC)[c]1ccccn1.CCC[CH2][Sn]([Cl])([CH2]CCC)[CH2]CCC.Cl.NNC(=O)c1cc(-c2ccc(-c3ccccn3)cc2)nc2ccncc12. The third-order valence-electron chi connectivity index (χ3n) is 20.3. The van der Waals surface area contributed by atoms with Gasteiger partial charge in [0.2, 0.25) is 0 Å². The molecule has 0 atom stereocenters. The molecule has 0 fully saturated rings. The smallest absolute Gasteiger partial charge is 0.265 e. The van der Waals surface area contributed by atoms with Crippen molar-refractivity contribution in [2.24, 2.45) is 5.84 Å². The first-order chi connectivity index (χ1) is 61.1. The molecule has 10 heterocycles. The number of nitrogen functional groups attached to an aromatic ring is 1. The number of benzene rings is 3. The topological polar surface area (TPSA) is 319 Å². The van der Waals surface area contributed by atoms with E-state index in [1.54, 1.807) is 137 Å². The van der Waals surface area contributed by atoms with Crippen LogP contribution in [0.5, 0.6) is 0 Å². The average molecular weight is 2160 g/mol. The number of hydrazine groups is 3. The molecule has 29 heteroatoms. The Bertz CT molecular complexity index is 5550. The van der Waals surface area contributed by atoms with Crippen LogP contribution in [-0.4, -0.2) is 127 Å². The van der Waals surface area contributed by atoms with Crippen LogP contribution in [0.15, 0.2) is 249 Å². The number of fused-ring (bicyclic) bond motifs is 3. The summed E-state index contributed by atoms with van der Waals surface area (Å²) in [7, 11) is 6.89. The van der Waals surface area contributed by atoms with E-state index in [1.807, 2.05) is 134 Å². The second-order valence-corrected chi connectivity index (χ2v) is 63.8. The van der Waals surface area contributed by atoms with Crippen molar-refractivity contribution in [3.63, 3.8) is 0 Å². The van der Waals surface area contributed by atoms with Crippen LogP contribution in [0.3, 0.4) is 0 Å². The monoisotopic (exact) mass is 2160 g/mol. The first-order valence-electron chi connectivity index (χ1n) is 43.5. The van der Waals surface area contributed by atoms with Gasteiger partial charge in [0.1, 0.15) is 15.8 Å². The molecule has 0 saturated carbocycles. The molecule has 0 spiro atoms. The molecule has 0 unspecified atom stereocenters. The van der Waals surface area contributed by atoms with Gasteiger partial charge in [0.15, 0.2) is 0 Å². The fourth-order valence-electron chi connectivity index (χ4n) is 13.7. The van der Waals surface area contributed by atoms with Crippen LogP contribution in [0.2, 0.25) is 26.6 Å². The van der Waals surface area contributed by atoms with Gasteiger partial charge in [-0.3, -0.25) is 55.6 Å². The molecule has 3 aromatic carbocycles. The van der Waals surface area contributed by atoms with Gasteiger partial charge in [0.25, 0.3) is 17.7 Å². The van der Waals surface area contributed by atoms with Gasteiger partial charge < -0.3 is 9.47 Å². The molecule has 674 valence electrons. The number of carbonyl (C=O) groups excluding carboxylic acids is 5. The summed E-state index contributed by atoms with van der Waals surface area (Å²) >= 11 is 1.13. The number of halogens is 4. The maximum absolute atomic E-state index is 12.9. The number of nitrogens with one attached hydrogen (secondary N) is 5. The Kier molecular flexibility index (Phi) is 45.0. The summed E-state index contributed by atoms with van der Waals surface area (Å²) in [5.41, 5.74) is 21.5. The summed E-state index contributed by atoms with van der Waals surface area (Å²) in [4.78, 5) is 105. The number of nitrogens with two attached hydrogens (primary N) is 1. The van der Waals surface area contributed by atoms with Crippen molar-refractivity contribution in [1.29, 1.82) is 0 Å². The van der Waals surface area contributed by atoms with Gasteiger partial charge in [0, 0.05) is 103 Å². The minimum Gasteiger partial charge on any atom is -0.290 e. The van der Waals surface area contributed by atoms with E-state index < -0.39 is 70.8 Å². The molecule has 0 aliphatic carbocycles. The summed E-state index contributed by atoms with van der Waals surface area (Å²) < 4.78 is 22.6. The number of unbranched alkanes of at least 4 members (excludes halogenated alkanes) is 6. The molecule has 23 nitrogen and oxygen atoms in total. The van der Waals surface area contributed by atoms with E-state index in [0.29, 0.717) is 66.5 Å². The number of pyridine rings is 10. The van der Waals surface area contributed by atoms with Gasteiger partial charge >= 0.3 is 235 Å². The molecule has 13 aromatic rings. The summed E-state index contributed by atoms with van der Waals surface area (Å²) in [5, 5.41) is 1.81. The minimum absolute atomic E-state index is 0. The molecule has 0 aliphatic rings. The second kappa shape index (κ2) is 54.7. The number of aromatic nitrogens is 10. The Hall–Kier alpha value is -9.76. The molecular weight excluding hydrogens is 2040 g/mol. The Morgan fingerprint density at radius 1 is 0.391 bits per heavy atom. The molecule has 5 amide bonds. The number of rotatable bonds is 27. The van der Waals surface area contributed by atoms with Crippen molar-refractivity contribution in [3.05, 3.63) is 269 Å². The Labute approximate surface area is 793 Å². The van der Waals surface area contributed by atoms with Gasteiger partial charge in [-0.15, -0.1) is 12.4 Å². The normalized spacial score (nSPS) is 11.0. The Balaban J connectivity index is 0.000000219. The summed E-state index contributed by atoms with van der Waals surface area (Å²) in [6.45, 7) is 24.3. The van der Waals surface area contributed by atoms with Gasteiger partial charge in [-0.25, -0.2) is 46.2 Å². The predicted molar refractivity (Wildman–Crippen MR) is 538 cm³/mol. The van der Waals surface area contributed by atoms with E-state index >= 15 is 0 Å². The number of nitrogens with zero attached hydrogens (tertiary/aromatic N) is 10. The number of hydrogen-bond donors (Lipinski definition) is 6. The fourth-order valence-corrected chi connectivity index (χ4v) is 43.1. The number of ether oxygens (including phenoxy) is 2. The average Bonchev–Trinajstić information content (AvgIpc) is 0.794. The largest absolute Gasteiger partial charge is 0.290 e. The quantitative estimate of drug-likeness (QED) is 0.00696. The zero-order chi connectivity index (χ0) is 91.6. The van der Waals surface area contributed by atoms with E-state index in [2.05, 4.69) is 170 Å². The zero-order valence-electron chi connectivity index (χ0n) is 75.3. The van der Waals surface area contributed by atoms with Crippen LogP contribution in [0.1, 0.15) is 191 Å². The van der Waals surface area contributed by atoms with E-state index in [9.17, 15) is 24.0 Å². The number of hydrogen-bond acceptors (Lipinski definition) is 18. The van der Waals surface area contributed by atoms with E-state index in [1.165, 1.54) is 104 Å². The van der Waals surface area contributed by atoms with Crippen LogP contribution in [0.25, 0.3) is 89.0 Å². The number of carbonyl (C=O) groups is 5. The van der Waals surface area contributed by atoms with Crippen molar-refractivity contribution >= 4 is 162 Å². The van der Waals surface area contributed by atoms with Crippen molar-refractivity contribution < 1.29 is 33.4 Å². The van der Waals surface area contributed by atoms with Crippen molar-refractivity contribution in [2.75, 3.05) is 0 Å². The third kappa shape index (κ3) is 34.6. The van der Waals surface area contributed by atoms with Gasteiger partial charge in [-0.05, 0) is 165 Å². The third-order valence-corrected chi connectivity index (χ3v) is 51.1. The molecule has 0 radical (unpaired) electrons. The first kappa shape index (κ1) is 105. The van der Waals surface area contributed by atoms with Gasteiger partial charge in [0.05, 0.1) is 61.7 Å². The van der Waals surface area contributed by atoms with Crippen molar-refractivity contribution in [1.82, 2.24) is 77.0 Å². The van der Waals surface area contributed by atoms with Crippen LogP contribution in [0, 0.1) is 3.57 Å². The Morgan fingerprint density at radius 2 is 0.703 bits per heavy atom. The fraction of sp³-hybridized carbons (Fsp3) is 0.323. The minimum atomic E-state index is -2.21. The molecule has 0 bridgehead atoms. The standard InChI is InChI=1S/C25H23N5O3.C20H19IN4O3.C20H15N5O.C5H4BrN.C5H4N.6C4H9.2ClH.2Sn/c1-25(2,3)33-24(32)30-29-23(31)18-14-22(28-21-11-13-26-15-19(18)21)17-9-7-16(8-10-17)20-6-4-5-12-27-20;1-20(2,3)28-19(27)25-24-18(26)14-10-17(12-4-6-13(21)7-5-12)23-16-8-9-22-11-15(14)16;21-25-20(26)15-11-19(24-18-8-10-22-12-16(15)18)14-6-4-13(5-7-14)17-3-1-2-9-23-17;6-5-3-1-2-4-7-5;1-2-4-6-5-3-1;6*1-3-4-2;;;;/h4-15H,1-3H3,(H,29,31)(H,30,32);4-11H,1-3H3,(H,24,26)(H,25,27);1-12H,21H2,(H,25,26);1-4H;1-4H;6*1,3-4H2,2H3;2*1H;;/q;;;;;;;;;;;;;;+1/p-1. The van der Waals surface area contributed by atoms with E-state index in [0.717, 1.165) is 47.4 Å². The molecule has 7 N–H and O–H groups in total. The maximum Gasteiger partial charge on any atom is 0.265 e. The predicted octanol–water partition coefficient (Wildman–Crippen LogP) is 24.5. The van der Waals surface area contributed by atoms with Crippen LogP contribution in [-0.2, 0) is 9.47 Å². The van der Waals surface area contributed by atoms with Crippen LogP contribution < -0.4 is 36.7 Å². The maximum atomic E-state index is 12.9. The molecule has 128 heavy (non-hydrogen) atoms. The van der Waals surface area contributed by atoms with E-state index in [-0.39, 0.29) is 18.3 Å². The van der Waals surface area contributed by atoms with E-state index in [4.69, 9.17) is 29.2 Å². The zero-order valence-corrected chi connectivity index (χ0v) is 86.3. The number of amides is 5. The first-order valence-corrected chi connectivity index (χ1v) is 62.5. The van der Waals surface area contributed by atoms with Gasteiger partial charge in [-0.1, -0.05) is 78.9 Å². The van der Waals surface area contributed by atoms with Gasteiger partial charge in [-0.2, -0.15) is 0 Å². The molecule has 13 rings (SSSR count). The summed E-state index contributed by atoms with van der Waals surface area (Å²) in [5.74, 6) is 3.95. The Morgan fingerprint density at radius 3 is 0.992 bits per heavy atom.